The van der Waals surface area contributed by atoms with Crippen molar-refractivity contribution in [3.8, 4) is 0 Å². The van der Waals surface area contributed by atoms with E-state index in [1.807, 2.05) is 19.1 Å². The molecule has 1 aromatic heterocycles. The molecule has 0 spiro atoms. The second kappa shape index (κ2) is 5.63. The minimum atomic E-state index is 0.00191. The minimum absolute atomic E-state index is 0.00191. The molecule has 0 aromatic carbocycles. The maximum Gasteiger partial charge on any atom is 0.217 e. The second-order valence-corrected chi connectivity index (χ2v) is 6.04. The molecule has 1 atom stereocenters. The van der Waals surface area contributed by atoms with Gasteiger partial charge in [0.05, 0.1) is 11.4 Å². The van der Waals surface area contributed by atoms with Crippen LogP contribution in [-0.4, -0.2) is 42.3 Å². The molecule has 4 nitrogen and oxygen atoms in total. The molecule has 1 amide bonds. The van der Waals surface area contributed by atoms with Crippen LogP contribution in [0.1, 0.15) is 27.9 Å². The number of nitrogens with one attached hydrogen (secondary N) is 1. The Morgan fingerprint density at radius 1 is 1.50 bits per heavy atom. The van der Waals surface area contributed by atoms with Gasteiger partial charge in [0.2, 0.25) is 5.91 Å². The highest BCUT2D eigenvalue weighted by Crippen LogP contribution is 2.17. The number of aryl methyl sites for hydroxylation is 1. The molecule has 1 aromatic rings. The molecule has 1 saturated heterocycles. The number of Topliss-reactive ketones (excluding diaryl/α,β-unsaturated/α-hetero) is 1. The van der Waals surface area contributed by atoms with Crippen LogP contribution in [0.3, 0.4) is 0 Å². The molecule has 5 heteroatoms. The number of carbonyl (C=O) groups is 2. The molecule has 1 aliphatic rings. The van der Waals surface area contributed by atoms with E-state index < -0.39 is 0 Å². The van der Waals surface area contributed by atoms with Gasteiger partial charge >= 0.3 is 0 Å². The summed E-state index contributed by atoms with van der Waals surface area (Å²) in [7, 11) is 0. The first-order chi connectivity index (χ1) is 8.54. The molecule has 1 fully saturated rings. The molecule has 1 aliphatic heterocycles. The van der Waals surface area contributed by atoms with Crippen molar-refractivity contribution in [2.24, 2.45) is 0 Å². The smallest absolute Gasteiger partial charge is 0.217 e. The zero-order valence-electron chi connectivity index (χ0n) is 10.7. The van der Waals surface area contributed by atoms with E-state index in [0.717, 1.165) is 29.3 Å². The van der Waals surface area contributed by atoms with Crippen LogP contribution < -0.4 is 5.32 Å². The molecule has 2 rings (SSSR count). The number of amides is 1. The topological polar surface area (TPSA) is 49.4 Å². The SMILES string of the molecule is CC(=O)NC1CCN(CC(=O)c2ccc(C)s2)C1. The van der Waals surface area contributed by atoms with Gasteiger partial charge in [-0.2, -0.15) is 0 Å². The first-order valence-corrected chi connectivity index (χ1v) is 6.95. The zero-order chi connectivity index (χ0) is 13.1. The predicted octanol–water partition coefficient (Wildman–Crippen LogP) is 1.45. The van der Waals surface area contributed by atoms with Crippen LogP contribution in [0.15, 0.2) is 12.1 Å². The number of likely N-dealkylation sites (tertiary alicyclic amines) is 1. The van der Waals surface area contributed by atoms with E-state index in [9.17, 15) is 9.59 Å². The number of nitrogens with zero attached hydrogens (tertiary/aromatic N) is 1. The molecular weight excluding hydrogens is 248 g/mol. The van der Waals surface area contributed by atoms with Gasteiger partial charge in [0.15, 0.2) is 5.78 Å². The molecule has 18 heavy (non-hydrogen) atoms. The molecule has 2 heterocycles. The van der Waals surface area contributed by atoms with E-state index in [0.29, 0.717) is 6.54 Å². The fraction of sp³-hybridized carbons (Fsp3) is 0.538. The highest BCUT2D eigenvalue weighted by molar-refractivity contribution is 7.14. The summed E-state index contributed by atoms with van der Waals surface area (Å²) in [6.45, 7) is 5.64. The molecule has 0 radical (unpaired) electrons. The van der Waals surface area contributed by atoms with Crippen molar-refractivity contribution < 1.29 is 9.59 Å². The maximum atomic E-state index is 12.0. The van der Waals surface area contributed by atoms with E-state index in [4.69, 9.17) is 0 Å². The first kappa shape index (κ1) is 13.2. The Kier molecular flexibility index (Phi) is 4.14. The lowest BCUT2D eigenvalue weighted by atomic mass is 10.2. The van der Waals surface area contributed by atoms with Crippen molar-refractivity contribution in [3.05, 3.63) is 21.9 Å². The van der Waals surface area contributed by atoms with Crippen molar-refractivity contribution >= 4 is 23.0 Å². The number of thiophene rings is 1. The van der Waals surface area contributed by atoms with Gasteiger partial charge in [0, 0.05) is 30.9 Å². The standard InChI is InChI=1S/C13H18N2O2S/c1-9-3-4-13(18-9)12(17)8-15-6-5-11(7-15)14-10(2)16/h3-4,11H,5-8H2,1-2H3,(H,14,16). The van der Waals surface area contributed by atoms with Crippen molar-refractivity contribution in [1.29, 1.82) is 0 Å². The van der Waals surface area contributed by atoms with E-state index in [2.05, 4.69) is 10.2 Å². The Bertz CT molecular complexity index is 456. The summed E-state index contributed by atoms with van der Waals surface area (Å²) in [5.41, 5.74) is 0. The van der Waals surface area contributed by atoms with Gasteiger partial charge in [-0.25, -0.2) is 0 Å². The number of rotatable bonds is 4. The quantitative estimate of drug-likeness (QED) is 0.839. The van der Waals surface area contributed by atoms with Crippen LogP contribution >= 0.6 is 11.3 Å². The van der Waals surface area contributed by atoms with Crippen LogP contribution in [0.5, 0.6) is 0 Å². The van der Waals surface area contributed by atoms with Crippen molar-refractivity contribution in [2.75, 3.05) is 19.6 Å². The lowest BCUT2D eigenvalue weighted by Crippen LogP contribution is -2.36. The Labute approximate surface area is 111 Å². The monoisotopic (exact) mass is 266 g/mol. The van der Waals surface area contributed by atoms with Gasteiger partial charge in [-0.05, 0) is 25.5 Å². The normalized spacial score (nSPS) is 20.0. The van der Waals surface area contributed by atoms with E-state index in [-0.39, 0.29) is 17.7 Å². The van der Waals surface area contributed by atoms with Crippen molar-refractivity contribution in [3.63, 3.8) is 0 Å². The van der Waals surface area contributed by atoms with Gasteiger partial charge in [-0.15, -0.1) is 11.3 Å². The molecule has 98 valence electrons. The number of carbonyl (C=O) groups excluding carboxylic acids is 2. The van der Waals surface area contributed by atoms with E-state index in [1.165, 1.54) is 6.92 Å². The van der Waals surface area contributed by atoms with Gasteiger partial charge in [0.1, 0.15) is 0 Å². The van der Waals surface area contributed by atoms with Crippen molar-refractivity contribution in [1.82, 2.24) is 10.2 Å². The van der Waals surface area contributed by atoms with Crippen LogP contribution in [-0.2, 0) is 4.79 Å². The maximum absolute atomic E-state index is 12.0. The van der Waals surface area contributed by atoms with E-state index in [1.54, 1.807) is 11.3 Å². The van der Waals surface area contributed by atoms with Gasteiger partial charge in [-0.3, -0.25) is 14.5 Å². The molecule has 0 bridgehead atoms. The molecule has 1 N–H and O–H groups in total. The Hall–Kier alpha value is -1.20. The summed E-state index contributed by atoms with van der Waals surface area (Å²) in [5, 5.41) is 2.90. The number of ketones is 1. The second-order valence-electron chi connectivity index (χ2n) is 4.75. The Balaban J connectivity index is 1.84. The van der Waals surface area contributed by atoms with Crippen LogP contribution in [0.4, 0.5) is 0 Å². The van der Waals surface area contributed by atoms with Crippen LogP contribution in [0, 0.1) is 6.92 Å². The van der Waals surface area contributed by atoms with Crippen molar-refractivity contribution in [2.45, 2.75) is 26.3 Å². The third-order valence-electron chi connectivity index (χ3n) is 3.06. The fourth-order valence-corrected chi connectivity index (χ4v) is 3.04. The van der Waals surface area contributed by atoms with Crippen LogP contribution in [0.2, 0.25) is 0 Å². The third kappa shape index (κ3) is 3.40. The number of hydrogen-bond acceptors (Lipinski definition) is 4. The largest absolute Gasteiger partial charge is 0.352 e. The van der Waals surface area contributed by atoms with Gasteiger partial charge in [0.25, 0.3) is 0 Å². The summed E-state index contributed by atoms with van der Waals surface area (Å²) < 4.78 is 0. The minimum Gasteiger partial charge on any atom is -0.352 e. The average Bonchev–Trinajstić information content (AvgIpc) is 2.87. The Morgan fingerprint density at radius 3 is 2.89 bits per heavy atom. The molecule has 1 unspecified atom stereocenters. The lowest BCUT2D eigenvalue weighted by molar-refractivity contribution is -0.119. The summed E-state index contributed by atoms with van der Waals surface area (Å²) in [6.07, 6.45) is 0.927. The molecule has 0 saturated carbocycles. The molecular formula is C13H18N2O2S. The van der Waals surface area contributed by atoms with E-state index >= 15 is 0 Å². The fourth-order valence-electron chi connectivity index (χ4n) is 2.25. The van der Waals surface area contributed by atoms with Crippen LogP contribution in [0.25, 0.3) is 0 Å². The summed E-state index contributed by atoms with van der Waals surface area (Å²) in [5.74, 6) is 0.179. The summed E-state index contributed by atoms with van der Waals surface area (Å²) in [6, 6.07) is 4.06. The number of hydrogen-bond donors (Lipinski definition) is 1. The average molecular weight is 266 g/mol. The highest BCUT2D eigenvalue weighted by Gasteiger charge is 2.25. The highest BCUT2D eigenvalue weighted by atomic mass is 32.1. The third-order valence-corrected chi connectivity index (χ3v) is 4.10. The van der Waals surface area contributed by atoms with Gasteiger partial charge in [-0.1, -0.05) is 0 Å². The first-order valence-electron chi connectivity index (χ1n) is 6.13. The predicted molar refractivity (Wildman–Crippen MR) is 72.0 cm³/mol. The Morgan fingerprint density at radius 2 is 2.28 bits per heavy atom. The summed E-state index contributed by atoms with van der Waals surface area (Å²) >= 11 is 1.54. The summed E-state index contributed by atoms with van der Waals surface area (Å²) in [4.78, 5) is 27.1. The van der Waals surface area contributed by atoms with Gasteiger partial charge < -0.3 is 5.32 Å². The molecule has 0 aliphatic carbocycles. The zero-order valence-corrected chi connectivity index (χ0v) is 11.5. The lowest BCUT2D eigenvalue weighted by Gasteiger charge is -2.14.